The number of anilines is 2. The molecule has 0 unspecified atom stereocenters. The Kier molecular flexibility index (Phi) is 6.97. The normalized spacial score (nSPS) is 10.3. The van der Waals surface area contributed by atoms with E-state index in [1.54, 1.807) is 36.4 Å². The maximum atomic E-state index is 12.0. The summed E-state index contributed by atoms with van der Waals surface area (Å²) >= 11 is 13.3. The summed E-state index contributed by atoms with van der Waals surface area (Å²) in [7, 11) is 0. The second-order valence-corrected chi connectivity index (χ2v) is 6.85. The summed E-state index contributed by atoms with van der Waals surface area (Å²) in [4.78, 5) is 23.0. The molecule has 0 aromatic heterocycles. The lowest BCUT2D eigenvalue weighted by molar-refractivity contribution is -0.114. The van der Waals surface area contributed by atoms with Crippen LogP contribution in [0.5, 0.6) is 0 Å². The molecule has 0 aliphatic heterocycles. The predicted molar refractivity (Wildman–Crippen MR) is 102 cm³/mol. The van der Waals surface area contributed by atoms with E-state index in [1.165, 1.54) is 18.7 Å². The number of hydrogen-bond donors (Lipinski definition) is 2. The van der Waals surface area contributed by atoms with Crippen molar-refractivity contribution in [2.45, 2.75) is 12.7 Å². The van der Waals surface area contributed by atoms with E-state index < -0.39 is 0 Å². The van der Waals surface area contributed by atoms with Gasteiger partial charge in [-0.15, -0.1) is 11.8 Å². The molecular formula is C17H16Cl2N2O2S. The van der Waals surface area contributed by atoms with E-state index in [1.807, 2.05) is 6.07 Å². The Morgan fingerprint density at radius 2 is 1.71 bits per heavy atom. The molecule has 0 fully saturated rings. The summed E-state index contributed by atoms with van der Waals surface area (Å²) in [5.74, 6) is 0.705. The largest absolute Gasteiger partial charge is 0.326 e. The van der Waals surface area contributed by atoms with Crippen molar-refractivity contribution < 1.29 is 9.59 Å². The zero-order valence-electron chi connectivity index (χ0n) is 12.9. The average molecular weight is 383 g/mol. The number of carbonyl (C=O) groups excluding carboxylic acids is 2. The van der Waals surface area contributed by atoms with E-state index in [0.717, 1.165) is 5.56 Å². The van der Waals surface area contributed by atoms with Gasteiger partial charge in [0.15, 0.2) is 0 Å². The standard InChI is InChI=1S/C17H16Cl2N2O2S/c1-11(22)20-13-3-2-4-14(8-13)21-17(23)10-24-9-12-5-6-15(18)16(19)7-12/h2-8H,9-10H2,1H3,(H,20,22)(H,21,23). The third-order valence-electron chi connectivity index (χ3n) is 2.95. The van der Waals surface area contributed by atoms with E-state index in [-0.39, 0.29) is 11.8 Å². The van der Waals surface area contributed by atoms with Crippen molar-refractivity contribution >= 4 is 58.2 Å². The Bertz CT molecular complexity index is 753. The maximum absolute atomic E-state index is 12.0. The van der Waals surface area contributed by atoms with Crippen molar-refractivity contribution in [3.8, 4) is 0 Å². The van der Waals surface area contributed by atoms with Crippen LogP contribution in [0.1, 0.15) is 12.5 Å². The summed E-state index contributed by atoms with van der Waals surface area (Å²) in [6, 6.07) is 12.4. The molecule has 0 heterocycles. The Morgan fingerprint density at radius 1 is 1.00 bits per heavy atom. The topological polar surface area (TPSA) is 58.2 Å². The SMILES string of the molecule is CC(=O)Nc1cccc(NC(=O)CSCc2ccc(Cl)c(Cl)c2)c1. The van der Waals surface area contributed by atoms with Crippen LogP contribution in [0.3, 0.4) is 0 Å². The second-order valence-electron chi connectivity index (χ2n) is 5.05. The van der Waals surface area contributed by atoms with Gasteiger partial charge in [0.25, 0.3) is 0 Å². The lowest BCUT2D eigenvalue weighted by Gasteiger charge is -2.08. The Balaban J connectivity index is 1.82. The van der Waals surface area contributed by atoms with Gasteiger partial charge in [0, 0.05) is 24.1 Å². The van der Waals surface area contributed by atoms with Crippen molar-refractivity contribution in [1.29, 1.82) is 0 Å². The first kappa shape index (κ1) is 18.6. The van der Waals surface area contributed by atoms with E-state index in [2.05, 4.69) is 10.6 Å². The number of hydrogen-bond acceptors (Lipinski definition) is 3. The molecule has 0 bridgehead atoms. The smallest absolute Gasteiger partial charge is 0.234 e. The zero-order chi connectivity index (χ0) is 17.5. The molecule has 4 nitrogen and oxygen atoms in total. The fourth-order valence-corrected chi connectivity index (χ4v) is 3.06. The highest BCUT2D eigenvalue weighted by molar-refractivity contribution is 7.99. The first-order valence-electron chi connectivity index (χ1n) is 7.13. The molecule has 2 aromatic rings. The van der Waals surface area contributed by atoms with Gasteiger partial charge in [-0.25, -0.2) is 0 Å². The fraction of sp³-hybridized carbons (Fsp3) is 0.176. The van der Waals surface area contributed by atoms with E-state index in [9.17, 15) is 9.59 Å². The highest BCUT2D eigenvalue weighted by atomic mass is 35.5. The van der Waals surface area contributed by atoms with Crippen LogP contribution in [-0.4, -0.2) is 17.6 Å². The molecule has 0 atom stereocenters. The number of amides is 2. The molecule has 2 aromatic carbocycles. The molecule has 7 heteroatoms. The van der Waals surface area contributed by atoms with Crippen molar-refractivity contribution in [2.75, 3.05) is 16.4 Å². The predicted octanol–water partition coefficient (Wildman–Crippen LogP) is 4.82. The molecule has 0 aliphatic carbocycles. The Hall–Kier alpha value is -1.69. The number of rotatable bonds is 6. The van der Waals surface area contributed by atoms with Crippen LogP contribution in [-0.2, 0) is 15.3 Å². The first-order chi connectivity index (χ1) is 11.4. The highest BCUT2D eigenvalue weighted by Gasteiger charge is 2.05. The molecule has 2 rings (SSSR count). The van der Waals surface area contributed by atoms with E-state index >= 15 is 0 Å². The minimum absolute atomic E-state index is 0.111. The van der Waals surface area contributed by atoms with Crippen molar-refractivity contribution in [3.63, 3.8) is 0 Å². The number of benzene rings is 2. The van der Waals surface area contributed by atoms with Gasteiger partial charge in [-0.05, 0) is 35.9 Å². The second kappa shape index (κ2) is 8.97. The number of carbonyl (C=O) groups is 2. The quantitative estimate of drug-likeness (QED) is 0.752. The van der Waals surface area contributed by atoms with Crippen LogP contribution < -0.4 is 10.6 Å². The van der Waals surface area contributed by atoms with Crippen molar-refractivity contribution in [1.82, 2.24) is 0 Å². The molecule has 126 valence electrons. The summed E-state index contributed by atoms with van der Waals surface area (Å²) in [6.07, 6.45) is 0. The molecule has 0 saturated heterocycles. The molecule has 0 saturated carbocycles. The number of halogens is 2. The Morgan fingerprint density at radius 3 is 2.38 bits per heavy atom. The van der Waals surface area contributed by atoms with Crippen molar-refractivity contribution in [3.05, 3.63) is 58.1 Å². The lowest BCUT2D eigenvalue weighted by atomic mass is 10.2. The summed E-state index contributed by atoms with van der Waals surface area (Å²) in [5, 5.41) is 6.50. The summed E-state index contributed by atoms with van der Waals surface area (Å²) in [6.45, 7) is 1.44. The van der Waals surface area contributed by atoms with Gasteiger partial charge in [0.2, 0.25) is 11.8 Å². The lowest BCUT2D eigenvalue weighted by Crippen LogP contribution is -2.14. The van der Waals surface area contributed by atoms with E-state index in [0.29, 0.717) is 32.9 Å². The summed E-state index contributed by atoms with van der Waals surface area (Å²) < 4.78 is 0. The van der Waals surface area contributed by atoms with Crippen LogP contribution in [0.25, 0.3) is 0 Å². The van der Waals surface area contributed by atoms with Gasteiger partial charge in [-0.2, -0.15) is 0 Å². The van der Waals surface area contributed by atoms with Gasteiger partial charge in [0.05, 0.1) is 15.8 Å². The van der Waals surface area contributed by atoms with Crippen LogP contribution in [0, 0.1) is 0 Å². The maximum Gasteiger partial charge on any atom is 0.234 e. The molecule has 0 aliphatic rings. The Labute approximate surface area is 154 Å². The van der Waals surface area contributed by atoms with Crippen LogP contribution in [0.15, 0.2) is 42.5 Å². The monoisotopic (exact) mass is 382 g/mol. The van der Waals surface area contributed by atoms with Gasteiger partial charge in [-0.1, -0.05) is 35.3 Å². The minimum Gasteiger partial charge on any atom is -0.326 e. The highest BCUT2D eigenvalue weighted by Crippen LogP contribution is 2.24. The number of thioether (sulfide) groups is 1. The third-order valence-corrected chi connectivity index (χ3v) is 4.70. The molecule has 24 heavy (non-hydrogen) atoms. The van der Waals surface area contributed by atoms with Gasteiger partial charge in [0.1, 0.15) is 0 Å². The van der Waals surface area contributed by atoms with E-state index in [4.69, 9.17) is 23.2 Å². The zero-order valence-corrected chi connectivity index (χ0v) is 15.3. The average Bonchev–Trinajstić information content (AvgIpc) is 2.50. The molecule has 0 spiro atoms. The first-order valence-corrected chi connectivity index (χ1v) is 9.04. The molecule has 0 radical (unpaired) electrons. The van der Waals surface area contributed by atoms with Crippen molar-refractivity contribution in [2.24, 2.45) is 0 Å². The third kappa shape index (κ3) is 6.07. The van der Waals surface area contributed by atoms with Crippen LogP contribution >= 0.6 is 35.0 Å². The fourth-order valence-electron chi connectivity index (χ4n) is 1.97. The number of nitrogens with one attached hydrogen (secondary N) is 2. The van der Waals surface area contributed by atoms with Crippen LogP contribution in [0.2, 0.25) is 10.0 Å². The van der Waals surface area contributed by atoms with Gasteiger partial charge in [-0.3, -0.25) is 9.59 Å². The molecule has 2 amide bonds. The van der Waals surface area contributed by atoms with Gasteiger partial charge >= 0.3 is 0 Å². The van der Waals surface area contributed by atoms with Gasteiger partial charge < -0.3 is 10.6 Å². The molecular weight excluding hydrogens is 367 g/mol. The minimum atomic E-state index is -0.157. The van der Waals surface area contributed by atoms with Crippen LogP contribution in [0.4, 0.5) is 11.4 Å². The summed E-state index contributed by atoms with van der Waals surface area (Å²) in [5.41, 5.74) is 2.29. The molecule has 2 N–H and O–H groups in total.